The van der Waals surface area contributed by atoms with Crippen LogP contribution in [0.5, 0.6) is 5.75 Å². The number of benzene rings is 2. The molecule has 2 N–H and O–H groups in total. The van der Waals surface area contributed by atoms with Gasteiger partial charge in [-0.15, -0.1) is 0 Å². The van der Waals surface area contributed by atoms with Crippen LogP contribution in [0.25, 0.3) is 0 Å². The van der Waals surface area contributed by atoms with Gasteiger partial charge in [-0.25, -0.2) is 0 Å². The highest BCUT2D eigenvalue weighted by atomic mass is 35.5. The first-order chi connectivity index (χ1) is 11.9. The zero-order chi connectivity index (χ0) is 18.0. The molecule has 0 spiro atoms. The monoisotopic (exact) mass is 379 g/mol. The minimum absolute atomic E-state index is 0.130. The molecular weight excluding hydrogens is 361 g/mol. The Morgan fingerprint density at radius 2 is 2.04 bits per heavy atom. The van der Waals surface area contributed by atoms with Gasteiger partial charge in [0.2, 0.25) is 0 Å². The van der Waals surface area contributed by atoms with Crippen molar-refractivity contribution in [2.24, 2.45) is 0 Å². The highest BCUT2D eigenvalue weighted by Gasteiger charge is 2.35. The first-order valence-corrected chi connectivity index (χ1v) is 8.81. The predicted molar refractivity (Wildman–Crippen MR) is 98.6 cm³/mol. The second kappa shape index (κ2) is 7.24. The second-order valence-electron chi connectivity index (χ2n) is 6.22. The topological polar surface area (TPSA) is 58.6 Å². The van der Waals surface area contributed by atoms with E-state index in [0.29, 0.717) is 22.0 Å². The largest absolute Gasteiger partial charge is 0.497 e. The predicted octanol–water partition coefficient (Wildman–Crippen LogP) is 3.96. The minimum atomic E-state index is -1.09. The Hall–Kier alpha value is -1.75. The molecule has 0 heterocycles. The van der Waals surface area contributed by atoms with Gasteiger partial charge < -0.3 is 15.2 Å². The van der Waals surface area contributed by atoms with Gasteiger partial charge in [-0.3, -0.25) is 4.79 Å². The quantitative estimate of drug-likeness (QED) is 0.844. The molecule has 0 aliphatic heterocycles. The van der Waals surface area contributed by atoms with Crippen molar-refractivity contribution < 1.29 is 14.6 Å². The summed E-state index contributed by atoms with van der Waals surface area (Å²) in [6.45, 7) is 0.130. The van der Waals surface area contributed by atoms with Gasteiger partial charge in [0.05, 0.1) is 23.7 Å². The van der Waals surface area contributed by atoms with E-state index in [-0.39, 0.29) is 12.5 Å². The number of amides is 1. The van der Waals surface area contributed by atoms with Crippen LogP contribution in [-0.2, 0) is 12.0 Å². The summed E-state index contributed by atoms with van der Waals surface area (Å²) in [6.07, 6.45) is 2.32. The lowest BCUT2D eigenvalue weighted by Crippen LogP contribution is -2.43. The van der Waals surface area contributed by atoms with Crippen LogP contribution >= 0.6 is 23.2 Å². The summed E-state index contributed by atoms with van der Waals surface area (Å²) in [4.78, 5) is 12.4. The fourth-order valence-corrected chi connectivity index (χ4v) is 3.51. The van der Waals surface area contributed by atoms with Gasteiger partial charge >= 0.3 is 0 Å². The number of hydrogen-bond donors (Lipinski definition) is 2. The Balaban J connectivity index is 1.77. The van der Waals surface area contributed by atoms with E-state index in [1.165, 1.54) is 6.07 Å². The third-order valence-electron chi connectivity index (χ3n) is 4.57. The van der Waals surface area contributed by atoms with Gasteiger partial charge in [0.1, 0.15) is 11.4 Å². The van der Waals surface area contributed by atoms with E-state index in [1.54, 1.807) is 19.2 Å². The van der Waals surface area contributed by atoms with E-state index in [0.717, 1.165) is 29.7 Å². The van der Waals surface area contributed by atoms with Gasteiger partial charge in [-0.05, 0) is 60.7 Å². The van der Waals surface area contributed by atoms with Crippen LogP contribution in [0.3, 0.4) is 0 Å². The van der Waals surface area contributed by atoms with E-state index in [9.17, 15) is 9.90 Å². The van der Waals surface area contributed by atoms with Crippen molar-refractivity contribution in [3.63, 3.8) is 0 Å². The molecule has 2 aromatic rings. The standard InChI is InChI=1S/C19H19Cl2NO3/c1-25-14-5-6-15-12(9-14)3-2-8-19(15,24)11-22-18(23)13-4-7-16(20)17(21)10-13/h4-7,9-10,24H,2-3,8,11H2,1H3,(H,22,23). The molecule has 0 saturated carbocycles. The first-order valence-electron chi connectivity index (χ1n) is 8.06. The number of aryl methyl sites for hydroxylation is 1. The molecule has 1 atom stereocenters. The molecule has 0 radical (unpaired) electrons. The van der Waals surface area contributed by atoms with Crippen LogP contribution in [-0.4, -0.2) is 24.7 Å². The maximum absolute atomic E-state index is 12.4. The number of nitrogens with one attached hydrogen (secondary N) is 1. The summed E-state index contributed by atoms with van der Waals surface area (Å²) in [5.74, 6) is 0.468. The number of halogens is 2. The van der Waals surface area contributed by atoms with Crippen molar-refractivity contribution in [2.45, 2.75) is 24.9 Å². The highest BCUT2D eigenvalue weighted by Crippen LogP contribution is 2.36. The second-order valence-corrected chi connectivity index (χ2v) is 7.03. The maximum atomic E-state index is 12.4. The first kappa shape index (κ1) is 18.1. The summed E-state index contributed by atoms with van der Waals surface area (Å²) >= 11 is 11.8. The third-order valence-corrected chi connectivity index (χ3v) is 5.31. The number of hydrogen-bond acceptors (Lipinski definition) is 3. The molecule has 1 aliphatic rings. The zero-order valence-corrected chi connectivity index (χ0v) is 15.3. The van der Waals surface area contributed by atoms with Crippen molar-refractivity contribution in [1.29, 1.82) is 0 Å². The van der Waals surface area contributed by atoms with Gasteiger partial charge in [0, 0.05) is 5.56 Å². The van der Waals surface area contributed by atoms with Crippen molar-refractivity contribution >= 4 is 29.1 Å². The zero-order valence-electron chi connectivity index (χ0n) is 13.8. The lowest BCUT2D eigenvalue weighted by molar-refractivity contribution is 0.0189. The third kappa shape index (κ3) is 3.76. The molecule has 25 heavy (non-hydrogen) atoms. The average molecular weight is 380 g/mol. The van der Waals surface area contributed by atoms with E-state index < -0.39 is 5.60 Å². The van der Waals surface area contributed by atoms with Gasteiger partial charge in [-0.1, -0.05) is 29.3 Å². The SMILES string of the molecule is COc1ccc2c(c1)CCCC2(O)CNC(=O)c1ccc(Cl)c(Cl)c1. The Morgan fingerprint density at radius 3 is 2.76 bits per heavy atom. The normalized spacial score (nSPS) is 19.2. The Bertz CT molecular complexity index is 809. The number of methoxy groups -OCH3 is 1. The minimum Gasteiger partial charge on any atom is -0.497 e. The van der Waals surface area contributed by atoms with Crippen LogP contribution in [0.2, 0.25) is 10.0 Å². The molecule has 6 heteroatoms. The fraction of sp³-hybridized carbons (Fsp3) is 0.316. The molecular formula is C19H19Cl2NO3. The lowest BCUT2D eigenvalue weighted by atomic mass is 9.79. The van der Waals surface area contributed by atoms with Crippen LogP contribution < -0.4 is 10.1 Å². The van der Waals surface area contributed by atoms with Gasteiger partial charge in [0.25, 0.3) is 5.91 Å². The number of carbonyl (C=O) groups is 1. The van der Waals surface area contributed by atoms with Gasteiger partial charge in [-0.2, -0.15) is 0 Å². The Kier molecular flexibility index (Phi) is 5.23. The van der Waals surface area contributed by atoms with Crippen LogP contribution in [0.15, 0.2) is 36.4 Å². The Morgan fingerprint density at radius 1 is 1.24 bits per heavy atom. The Labute approximate surface area is 156 Å². The molecule has 2 aromatic carbocycles. The van der Waals surface area contributed by atoms with Gasteiger partial charge in [0.15, 0.2) is 0 Å². The summed E-state index contributed by atoms with van der Waals surface area (Å²) in [5.41, 5.74) is 1.21. The fourth-order valence-electron chi connectivity index (χ4n) is 3.21. The molecule has 0 saturated heterocycles. The smallest absolute Gasteiger partial charge is 0.251 e. The number of aliphatic hydroxyl groups is 1. The van der Waals surface area contributed by atoms with E-state index >= 15 is 0 Å². The molecule has 0 fully saturated rings. The lowest BCUT2D eigenvalue weighted by Gasteiger charge is -2.35. The molecule has 0 bridgehead atoms. The van der Waals surface area contributed by atoms with E-state index in [1.807, 2.05) is 18.2 Å². The van der Waals surface area contributed by atoms with Crippen LogP contribution in [0, 0.1) is 0 Å². The summed E-state index contributed by atoms with van der Waals surface area (Å²) in [5, 5.41) is 14.6. The van der Waals surface area contributed by atoms with Crippen LogP contribution in [0.4, 0.5) is 0 Å². The molecule has 1 unspecified atom stereocenters. The van der Waals surface area contributed by atoms with Crippen molar-refractivity contribution in [1.82, 2.24) is 5.32 Å². The van der Waals surface area contributed by atoms with E-state index in [4.69, 9.17) is 27.9 Å². The highest BCUT2D eigenvalue weighted by molar-refractivity contribution is 6.42. The maximum Gasteiger partial charge on any atom is 0.251 e. The molecule has 1 amide bonds. The van der Waals surface area contributed by atoms with Crippen molar-refractivity contribution in [3.05, 3.63) is 63.1 Å². The summed E-state index contributed by atoms with van der Waals surface area (Å²) < 4.78 is 5.25. The number of rotatable bonds is 4. The van der Waals surface area contributed by atoms with Crippen molar-refractivity contribution in [3.8, 4) is 5.75 Å². The molecule has 1 aliphatic carbocycles. The van der Waals surface area contributed by atoms with Crippen LogP contribution in [0.1, 0.15) is 34.3 Å². The van der Waals surface area contributed by atoms with E-state index in [2.05, 4.69) is 5.32 Å². The molecule has 4 nitrogen and oxygen atoms in total. The summed E-state index contributed by atoms with van der Waals surface area (Å²) in [7, 11) is 1.62. The number of carbonyl (C=O) groups excluding carboxylic acids is 1. The molecule has 0 aromatic heterocycles. The molecule has 132 valence electrons. The van der Waals surface area contributed by atoms with Crippen molar-refractivity contribution in [2.75, 3.05) is 13.7 Å². The number of fused-ring (bicyclic) bond motifs is 1. The number of ether oxygens (including phenoxy) is 1. The molecule has 3 rings (SSSR count). The average Bonchev–Trinajstić information content (AvgIpc) is 2.62. The summed E-state index contributed by atoms with van der Waals surface area (Å²) in [6, 6.07) is 10.3.